The highest BCUT2D eigenvalue weighted by Crippen LogP contribution is 2.40. The van der Waals surface area contributed by atoms with Gasteiger partial charge in [-0.2, -0.15) is 0 Å². The van der Waals surface area contributed by atoms with E-state index in [-0.39, 0.29) is 24.2 Å². The SMILES string of the molecule is CCC(C)(C)C1CCC(NC(=O)C(C)CNC)CC1.Cl. The van der Waals surface area contributed by atoms with E-state index in [1.54, 1.807) is 0 Å². The van der Waals surface area contributed by atoms with Crippen molar-refractivity contribution in [3.63, 3.8) is 0 Å². The average Bonchev–Trinajstić information content (AvgIpc) is 2.39. The fourth-order valence-corrected chi connectivity index (χ4v) is 3.05. The van der Waals surface area contributed by atoms with Crippen LogP contribution < -0.4 is 10.6 Å². The zero-order chi connectivity index (χ0) is 14.5. The molecule has 3 nitrogen and oxygen atoms in total. The molecule has 0 heterocycles. The quantitative estimate of drug-likeness (QED) is 0.790. The minimum absolute atomic E-state index is 0. The third-order valence-corrected chi connectivity index (χ3v) is 5.05. The first-order valence-electron chi connectivity index (χ1n) is 7.85. The highest BCUT2D eigenvalue weighted by atomic mass is 35.5. The van der Waals surface area contributed by atoms with Gasteiger partial charge in [0.25, 0.3) is 0 Å². The van der Waals surface area contributed by atoms with E-state index in [1.165, 1.54) is 19.3 Å². The van der Waals surface area contributed by atoms with Gasteiger partial charge in [-0.3, -0.25) is 4.79 Å². The molecule has 1 amide bonds. The molecule has 0 aromatic heterocycles. The zero-order valence-electron chi connectivity index (χ0n) is 13.8. The number of rotatable bonds is 6. The van der Waals surface area contributed by atoms with Crippen molar-refractivity contribution in [2.24, 2.45) is 17.3 Å². The molecule has 1 saturated carbocycles. The van der Waals surface area contributed by atoms with Gasteiger partial charge < -0.3 is 10.6 Å². The molecule has 1 atom stereocenters. The number of hydrogen-bond acceptors (Lipinski definition) is 2. The highest BCUT2D eigenvalue weighted by Gasteiger charge is 2.32. The molecule has 1 aliphatic carbocycles. The lowest BCUT2D eigenvalue weighted by Gasteiger charge is -2.39. The fourth-order valence-electron chi connectivity index (χ4n) is 3.05. The van der Waals surface area contributed by atoms with Crippen LogP contribution in [0.1, 0.15) is 59.8 Å². The summed E-state index contributed by atoms with van der Waals surface area (Å²) in [5.74, 6) is 1.09. The van der Waals surface area contributed by atoms with Crippen LogP contribution in [0.2, 0.25) is 0 Å². The van der Waals surface area contributed by atoms with Crippen molar-refractivity contribution in [2.45, 2.75) is 65.8 Å². The molecule has 1 aliphatic rings. The molecule has 1 fully saturated rings. The first-order chi connectivity index (χ1) is 8.90. The van der Waals surface area contributed by atoms with Crippen LogP contribution in [0.25, 0.3) is 0 Å². The third kappa shape index (κ3) is 5.61. The summed E-state index contributed by atoms with van der Waals surface area (Å²) in [7, 11) is 1.89. The molecular weight excluding hydrogens is 272 g/mol. The van der Waals surface area contributed by atoms with Gasteiger partial charge in [-0.1, -0.05) is 34.1 Å². The van der Waals surface area contributed by atoms with Crippen LogP contribution in [-0.4, -0.2) is 25.5 Å². The maximum Gasteiger partial charge on any atom is 0.224 e. The topological polar surface area (TPSA) is 41.1 Å². The van der Waals surface area contributed by atoms with Crippen LogP contribution in [0.15, 0.2) is 0 Å². The van der Waals surface area contributed by atoms with Crippen LogP contribution >= 0.6 is 12.4 Å². The van der Waals surface area contributed by atoms with Crippen molar-refractivity contribution in [2.75, 3.05) is 13.6 Å². The van der Waals surface area contributed by atoms with E-state index in [9.17, 15) is 4.79 Å². The summed E-state index contributed by atoms with van der Waals surface area (Å²) < 4.78 is 0. The van der Waals surface area contributed by atoms with Gasteiger partial charge in [-0.15, -0.1) is 12.4 Å². The molecule has 1 unspecified atom stereocenters. The standard InChI is InChI=1S/C16H32N2O.ClH/c1-6-16(3,4)13-7-9-14(10-8-13)18-15(19)12(2)11-17-5;/h12-14,17H,6-11H2,1-5H3,(H,18,19);1H. The van der Waals surface area contributed by atoms with E-state index >= 15 is 0 Å². The number of hydrogen-bond donors (Lipinski definition) is 2. The summed E-state index contributed by atoms with van der Waals surface area (Å²) in [6, 6.07) is 0.399. The van der Waals surface area contributed by atoms with E-state index in [0.29, 0.717) is 11.5 Å². The van der Waals surface area contributed by atoms with Crippen molar-refractivity contribution in [1.82, 2.24) is 10.6 Å². The van der Waals surface area contributed by atoms with Crippen LogP contribution in [0.3, 0.4) is 0 Å². The van der Waals surface area contributed by atoms with Gasteiger partial charge in [-0.25, -0.2) is 0 Å². The zero-order valence-corrected chi connectivity index (χ0v) is 14.6. The Morgan fingerprint density at radius 3 is 2.25 bits per heavy atom. The summed E-state index contributed by atoms with van der Waals surface area (Å²) >= 11 is 0. The molecule has 0 aliphatic heterocycles. The minimum Gasteiger partial charge on any atom is -0.353 e. The molecule has 4 heteroatoms. The monoisotopic (exact) mass is 304 g/mol. The Labute approximate surface area is 131 Å². The largest absolute Gasteiger partial charge is 0.353 e. The van der Waals surface area contributed by atoms with E-state index in [0.717, 1.165) is 25.3 Å². The Bertz CT molecular complexity index is 286. The maximum atomic E-state index is 12.0. The normalized spacial score (nSPS) is 24.6. The van der Waals surface area contributed by atoms with E-state index in [1.807, 2.05) is 14.0 Å². The lowest BCUT2D eigenvalue weighted by atomic mass is 9.69. The first kappa shape index (κ1) is 19.7. The smallest absolute Gasteiger partial charge is 0.224 e. The lowest BCUT2D eigenvalue weighted by molar-refractivity contribution is -0.125. The number of amides is 1. The molecular formula is C16H33ClN2O. The molecule has 2 N–H and O–H groups in total. The van der Waals surface area contributed by atoms with Gasteiger partial charge in [-0.05, 0) is 44.1 Å². The predicted octanol–water partition coefficient (Wildman–Crippen LogP) is 3.37. The van der Waals surface area contributed by atoms with Gasteiger partial charge in [0.15, 0.2) is 0 Å². The van der Waals surface area contributed by atoms with Crippen molar-refractivity contribution in [3.05, 3.63) is 0 Å². The Hall–Kier alpha value is -0.280. The van der Waals surface area contributed by atoms with Crippen LogP contribution in [-0.2, 0) is 4.79 Å². The lowest BCUT2D eigenvalue weighted by Crippen LogP contribution is -2.43. The Morgan fingerprint density at radius 2 is 1.80 bits per heavy atom. The molecule has 0 radical (unpaired) electrons. The number of nitrogens with one attached hydrogen (secondary N) is 2. The van der Waals surface area contributed by atoms with Gasteiger partial charge in [0.2, 0.25) is 5.91 Å². The highest BCUT2D eigenvalue weighted by molar-refractivity contribution is 5.85. The van der Waals surface area contributed by atoms with Crippen molar-refractivity contribution in [1.29, 1.82) is 0 Å². The van der Waals surface area contributed by atoms with E-state index in [2.05, 4.69) is 31.4 Å². The number of carbonyl (C=O) groups is 1. The summed E-state index contributed by atoms with van der Waals surface area (Å²) in [6.45, 7) is 9.78. The molecule has 0 bridgehead atoms. The Kier molecular flexibility index (Phi) is 8.76. The van der Waals surface area contributed by atoms with Crippen molar-refractivity contribution < 1.29 is 4.79 Å². The molecule has 0 aromatic rings. The molecule has 0 spiro atoms. The molecule has 0 saturated heterocycles. The molecule has 20 heavy (non-hydrogen) atoms. The summed E-state index contributed by atoms with van der Waals surface area (Å²) in [5.41, 5.74) is 0.453. The van der Waals surface area contributed by atoms with Gasteiger partial charge in [0, 0.05) is 18.5 Å². The fraction of sp³-hybridized carbons (Fsp3) is 0.938. The number of halogens is 1. The molecule has 0 aromatic carbocycles. The molecule has 1 rings (SSSR count). The van der Waals surface area contributed by atoms with Crippen molar-refractivity contribution >= 4 is 18.3 Å². The van der Waals surface area contributed by atoms with Gasteiger partial charge in [0.05, 0.1) is 0 Å². The third-order valence-electron chi connectivity index (χ3n) is 5.05. The Morgan fingerprint density at radius 1 is 1.25 bits per heavy atom. The van der Waals surface area contributed by atoms with Crippen LogP contribution in [0, 0.1) is 17.3 Å². The predicted molar refractivity (Wildman–Crippen MR) is 88.3 cm³/mol. The summed E-state index contributed by atoms with van der Waals surface area (Å²) in [5, 5.41) is 6.27. The van der Waals surface area contributed by atoms with Gasteiger partial charge in [0.1, 0.15) is 0 Å². The first-order valence-corrected chi connectivity index (χ1v) is 7.85. The Balaban J connectivity index is 0.00000361. The maximum absolute atomic E-state index is 12.0. The van der Waals surface area contributed by atoms with Gasteiger partial charge >= 0.3 is 0 Å². The number of carbonyl (C=O) groups excluding carboxylic acids is 1. The van der Waals surface area contributed by atoms with Crippen LogP contribution in [0.5, 0.6) is 0 Å². The van der Waals surface area contributed by atoms with Crippen LogP contribution in [0.4, 0.5) is 0 Å². The van der Waals surface area contributed by atoms with Crippen molar-refractivity contribution in [3.8, 4) is 0 Å². The van der Waals surface area contributed by atoms with E-state index < -0.39 is 0 Å². The van der Waals surface area contributed by atoms with E-state index in [4.69, 9.17) is 0 Å². The summed E-state index contributed by atoms with van der Waals surface area (Å²) in [6.07, 6.45) is 6.05. The summed E-state index contributed by atoms with van der Waals surface area (Å²) in [4.78, 5) is 12.0. The second-order valence-electron chi connectivity index (χ2n) is 6.86. The average molecular weight is 305 g/mol. The molecule has 120 valence electrons. The minimum atomic E-state index is 0. The second kappa shape index (κ2) is 8.89. The second-order valence-corrected chi connectivity index (χ2v) is 6.86.